The Labute approximate surface area is 92.2 Å². The van der Waals surface area contributed by atoms with Crippen LogP contribution in [-0.4, -0.2) is 22.6 Å². The van der Waals surface area contributed by atoms with Gasteiger partial charge in [-0.2, -0.15) is 0 Å². The summed E-state index contributed by atoms with van der Waals surface area (Å²) in [4.78, 5) is 4.38. The predicted molar refractivity (Wildman–Crippen MR) is 64.1 cm³/mol. The maximum absolute atomic E-state index is 4.38. The molecular weight excluding hydrogens is 186 g/mol. The summed E-state index contributed by atoms with van der Waals surface area (Å²) in [6, 6.07) is 0.435. The van der Waals surface area contributed by atoms with Crippen LogP contribution in [0.3, 0.4) is 0 Å². The summed E-state index contributed by atoms with van der Waals surface area (Å²) >= 11 is 0. The maximum atomic E-state index is 4.38. The number of nitrogens with zero attached hydrogens (tertiary/aromatic N) is 2. The van der Waals surface area contributed by atoms with Crippen LogP contribution >= 0.6 is 0 Å². The number of rotatable bonds is 6. The van der Waals surface area contributed by atoms with Gasteiger partial charge in [-0.15, -0.1) is 6.58 Å². The van der Waals surface area contributed by atoms with Crippen molar-refractivity contribution in [2.24, 2.45) is 0 Å². The van der Waals surface area contributed by atoms with Crippen LogP contribution in [0.5, 0.6) is 0 Å². The van der Waals surface area contributed by atoms with Crippen LogP contribution in [0.4, 0.5) is 0 Å². The van der Waals surface area contributed by atoms with Crippen LogP contribution in [0.2, 0.25) is 0 Å². The second-order valence-corrected chi connectivity index (χ2v) is 4.14. The number of aromatic nitrogens is 2. The van der Waals surface area contributed by atoms with Crippen LogP contribution in [0.25, 0.3) is 0 Å². The van der Waals surface area contributed by atoms with Crippen LogP contribution in [0.15, 0.2) is 25.0 Å². The van der Waals surface area contributed by atoms with Crippen molar-refractivity contribution in [1.29, 1.82) is 0 Å². The lowest BCUT2D eigenvalue weighted by Crippen LogP contribution is -2.24. The van der Waals surface area contributed by atoms with Gasteiger partial charge in [0, 0.05) is 37.4 Å². The molecule has 1 N–H and O–H groups in total. The zero-order valence-corrected chi connectivity index (χ0v) is 9.90. The molecule has 1 atom stereocenters. The second kappa shape index (κ2) is 5.71. The van der Waals surface area contributed by atoms with Crippen molar-refractivity contribution in [2.75, 3.05) is 13.1 Å². The summed E-state index contributed by atoms with van der Waals surface area (Å²) in [5.74, 6) is 1.63. The van der Waals surface area contributed by atoms with Gasteiger partial charge >= 0.3 is 0 Å². The van der Waals surface area contributed by atoms with Gasteiger partial charge in [0.2, 0.25) is 0 Å². The number of imidazole rings is 1. The average molecular weight is 207 g/mol. The minimum Gasteiger partial charge on any atom is -0.331 e. The van der Waals surface area contributed by atoms with E-state index in [-0.39, 0.29) is 0 Å². The van der Waals surface area contributed by atoms with E-state index in [1.54, 1.807) is 0 Å². The third-order valence-electron chi connectivity index (χ3n) is 2.42. The molecule has 0 saturated carbocycles. The molecule has 0 fully saturated rings. The highest BCUT2D eigenvalue weighted by molar-refractivity contribution is 4.99. The van der Waals surface area contributed by atoms with Crippen LogP contribution < -0.4 is 5.32 Å². The van der Waals surface area contributed by atoms with Crippen molar-refractivity contribution < 1.29 is 0 Å². The van der Waals surface area contributed by atoms with E-state index in [9.17, 15) is 0 Å². The first-order valence-electron chi connectivity index (χ1n) is 5.51. The lowest BCUT2D eigenvalue weighted by Gasteiger charge is -2.18. The molecule has 1 heterocycles. The molecule has 0 spiro atoms. The fourth-order valence-corrected chi connectivity index (χ4v) is 1.64. The van der Waals surface area contributed by atoms with Gasteiger partial charge in [0.05, 0.1) is 0 Å². The van der Waals surface area contributed by atoms with Crippen LogP contribution in [0.1, 0.15) is 38.6 Å². The summed E-state index contributed by atoms with van der Waals surface area (Å²) in [5, 5.41) is 3.32. The largest absolute Gasteiger partial charge is 0.331 e. The quantitative estimate of drug-likeness (QED) is 0.573. The van der Waals surface area contributed by atoms with Crippen LogP contribution in [-0.2, 0) is 0 Å². The van der Waals surface area contributed by atoms with Crippen molar-refractivity contribution in [3.63, 3.8) is 0 Å². The molecule has 1 unspecified atom stereocenters. The molecule has 0 aromatic carbocycles. The normalized spacial score (nSPS) is 13.1. The Bertz CT molecular complexity index is 302. The summed E-state index contributed by atoms with van der Waals surface area (Å²) in [7, 11) is 0. The van der Waals surface area contributed by atoms with Crippen molar-refractivity contribution in [1.82, 2.24) is 14.9 Å². The SMILES string of the molecule is C=CCNCC(C)n1ccnc1C(C)C. The van der Waals surface area contributed by atoms with Crippen LogP contribution in [0, 0.1) is 0 Å². The number of nitrogens with one attached hydrogen (secondary N) is 1. The van der Waals surface area contributed by atoms with Crippen molar-refractivity contribution in [3.8, 4) is 0 Å². The van der Waals surface area contributed by atoms with E-state index >= 15 is 0 Å². The van der Waals surface area contributed by atoms with E-state index in [1.165, 1.54) is 0 Å². The molecule has 0 amide bonds. The third kappa shape index (κ3) is 3.20. The first-order valence-corrected chi connectivity index (χ1v) is 5.51. The van der Waals surface area contributed by atoms with E-state index < -0.39 is 0 Å². The molecule has 1 rings (SSSR count). The summed E-state index contributed by atoms with van der Waals surface area (Å²) in [5.41, 5.74) is 0. The third-order valence-corrected chi connectivity index (χ3v) is 2.42. The molecule has 84 valence electrons. The lowest BCUT2D eigenvalue weighted by atomic mass is 10.2. The Hall–Kier alpha value is -1.09. The van der Waals surface area contributed by atoms with Crippen molar-refractivity contribution >= 4 is 0 Å². The predicted octanol–water partition coefficient (Wildman–Crippen LogP) is 2.34. The van der Waals surface area contributed by atoms with Crippen molar-refractivity contribution in [3.05, 3.63) is 30.9 Å². The minimum absolute atomic E-state index is 0.435. The molecule has 0 aliphatic carbocycles. The highest BCUT2D eigenvalue weighted by Gasteiger charge is 2.11. The van der Waals surface area contributed by atoms with Gasteiger partial charge in [0.1, 0.15) is 5.82 Å². The molecule has 1 aromatic rings. The Balaban J connectivity index is 2.60. The fourth-order valence-electron chi connectivity index (χ4n) is 1.64. The Kier molecular flexibility index (Phi) is 4.56. The number of hydrogen-bond donors (Lipinski definition) is 1. The Morgan fingerprint density at radius 2 is 2.27 bits per heavy atom. The van der Waals surface area contributed by atoms with E-state index in [1.807, 2.05) is 12.3 Å². The zero-order valence-electron chi connectivity index (χ0n) is 9.90. The van der Waals surface area contributed by atoms with Crippen molar-refractivity contribution in [2.45, 2.75) is 32.7 Å². The summed E-state index contributed by atoms with van der Waals surface area (Å²) in [6.07, 6.45) is 5.80. The minimum atomic E-state index is 0.435. The van der Waals surface area contributed by atoms with Gasteiger partial charge in [-0.05, 0) is 6.92 Å². The fraction of sp³-hybridized carbons (Fsp3) is 0.583. The molecule has 15 heavy (non-hydrogen) atoms. The maximum Gasteiger partial charge on any atom is 0.111 e. The molecule has 0 aliphatic heterocycles. The molecule has 0 bridgehead atoms. The van der Waals surface area contributed by atoms with Gasteiger partial charge < -0.3 is 9.88 Å². The summed E-state index contributed by atoms with van der Waals surface area (Å²) in [6.45, 7) is 12.0. The molecule has 3 nitrogen and oxygen atoms in total. The molecule has 0 saturated heterocycles. The highest BCUT2D eigenvalue weighted by Crippen LogP contribution is 2.16. The lowest BCUT2D eigenvalue weighted by molar-refractivity contribution is 0.481. The zero-order chi connectivity index (χ0) is 11.3. The highest BCUT2D eigenvalue weighted by atomic mass is 15.1. The van der Waals surface area contributed by atoms with Gasteiger partial charge in [-0.3, -0.25) is 0 Å². The molecule has 1 aromatic heterocycles. The number of hydrogen-bond acceptors (Lipinski definition) is 2. The average Bonchev–Trinajstić information content (AvgIpc) is 2.66. The standard InChI is InChI=1S/C12H21N3/c1-5-6-13-9-11(4)15-8-7-14-12(15)10(2)3/h5,7-8,10-11,13H,1,6,9H2,2-4H3. The first-order chi connectivity index (χ1) is 7.16. The van der Waals surface area contributed by atoms with E-state index in [2.05, 4.69) is 48.4 Å². The Morgan fingerprint density at radius 1 is 1.53 bits per heavy atom. The van der Waals surface area contributed by atoms with Gasteiger partial charge in [-0.25, -0.2) is 4.98 Å². The monoisotopic (exact) mass is 207 g/mol. The molecule has 3 heteroatoms. The summed E-state index contributed by atoms with van der Waals surface area (Å²) < 4.78 is 2.24. The van der Waals surface area contributed by atoms with E-state index in [0.717, 1.165) is 18.9 Å². The topological polar surface area (TPSA) is 29.9 Å². The van der Waals surface area contributed by atoms with Gasteiger partial charge in [0.25, 0.3) is 0 Å². The van der Waals surface area contributed by atoms with E-state index in [0.29, 0.717) is 12.0 Å². The molecule has 0 radical (unpaired) electrons. The molecular formula is C12H21N3. The Morgan fingerprint density at radius 3 is 2.87 bits per heavy atom. The van der Waals surface area contributed by atoms with E-state index in [4.69, 9.17) is 0 Å². The van der Waals surface area contributed by atoms with Gasteiger partial charge in [-0.1, -0.05) is 19.9 Å². The smallest absolute Gasteiger partial charge is 0.111 e. The first kappa shape index (κ1) is 12.0. The molecule has 0 aliphatic rings. The second-order valence-electron chi connectivity index (χ2n) is 4.14. The van der Waals surface area contributed by atoms with Gasteiger partial charge in [0.15, 0.2) is 0 Å².